The Bertz CT molecular complexity index is 427. The van der Waals surface area contributed by atoms with Gasteiger partial charge in [-0.2, -0.15) is 0 Å². The van der Waals surface area contributed by atoms with Crippen LogP contribution in [0.15, 0.2) is 22.7 Å². The SMILES string of the molecule is CC(C)CNCc1ccc(CCCCNC2CC2)c(Br)c1. The van der Waals surface area contributed by atoms with Gasteiger partial charge in [-0.25, -0.2) is 0 Å². The predicted octanol–water partition coefficient (Wildman–Crippen LogP) is 4.27. The second-order valence-corrected chi connectivity index (χ2v) is 7.49. The van der Waals surface area contributed by atoms with Crippen LogP contribution in [0.5, 0.6) is 0 Å². The van der Waals surface area contributed by atoms with Crippen molar-refractivity contribution in [3.8, 4) is 0 Å². The number of halogens is 1. The standard InChI is InChI=1S/C18H29BrN2/c1-14(2)12-20-13-15-6-7-16(18(19)11-15)5-3-4-10-21-17-8-9-17/h6-7,11,14,17,20-21H,3-5,8-10,12-13H2,1-2H3. The van der Waals surface area contributed by atoms with Crippen LogP contribution in [0, 0.1) is 5.92 Å². The molecule has 2 N–H and O–H groups in total. The first-order valence-corrected chi connectivity index (χ1v) is 9.16. The molecule has 21 heavy (non-hydrogen) atoms. The zero-order valence-corrected chi connectivity index (χ0v) is 15.0. The third-order valence-corrected chi connectivity index (χ3v) is 4.62. The van der Waals surface area contributed by atoms with Crippen molar-refractivity contribution < 1.29 is 0 Å². The first kappa shape index (κ1) is 17.0. The van der Waals surface area contributed by atoms with Crippen LogP contribution in [0.3, 0.4) is 0 Å². The molecule has 1 saturated carbocycles. The number of aryl methyl sites for hydroxylation is 1. The maximum absolute atomic E-state index is 3.73. The highest BCUT2D eigenvalue weighted by Crippen LogP contribution is 2.21. The summed E-state index contributed by atoms with van der Waals surface area (Å²) in [4.78, 5) is 0. The van der Waals surface area contributed by atoms with E-state index in [-0.39, 0.29) is 0 Å². The van der Waals surface area contributed by atoms with Crippen molar-refractivity contribution in [2.24, 2.45) is 5.92 Å². The fraction of sp³-hybridized carbons (Fsp3) is 0.667. The number of unbranched alkanes of at least 4 members (excludes halogenated alkanes) is 1. The number of rotatable bonds is 10. The predicted molar refractivity (Wildman–Crippen MR) is 94.6 cm³/mol. The molecule has 0 aromatic heterocycles. The highest BCUT2D eigenvalue weighted by Gasteiger charge is 2.19. The normalized spacial score (nSPS) is 14.9. The molecule has 1 aliphatic rings. The van der Waals surface area contributed by atoms with E-state index in [0.717, 1.165) is 19.1 Å². The fourth-order valence-electron chi connectivity index (χ4n) is 2.44. The highest BCUT2D eigenvalue weighted by molar-refractivity contribution is 9.10. The van der Waals surface area contributed by atoms with Gasteiger partial charge >= 0.3 is 0 Å². The molecule has 0 atom stereocenters. The summed E-state index contributed by atoms with van der Waals surface area (Å²) in [6.07, 6.45) is 6.49. The van der Waals surface area contributed by atoms with Gasteiger partial charge in [-0.3, -0.25) is 0 Å². The molecule has 1 aromatic carbocycles. The van der Waals surface area contributed by atoms with Crippen LogP contribution in [-0.2, 0) is 13.0 Å². The second kappa shape index (κ2) is 8.92. The molecule has 1 aliphatic carbocycles. The van der Waals surface area contributed by atoms with Crippen molar-refractivity contribution >= 4 is 15.9 Å². The molecule has 1 fully saturated rings. The van der Waals surface area contributed by atoms with Crippen LogP contribution in [0.25, 0.3) is 0 Å². The van der Waals surface area contributed by atoms with Gasteiger partial charge in [-0.1, -0.05) is 41.9 Å². The van der Waals surface area contributed by atoms with Gasteiger partial charge in [-0.15, -0.1) is 0 Å². The molecule has 0 saturated heterocycles. The van der Waals surface area contributed by atoms with E-state index in [1.807, 2.05) is 0 Å². The van der Waals surface area contributed by atoms with E-state index >= 15 is 0 Å². The molecule has 118 valence electrons. The molecule has 0 unspecified atom stereocenters. The number of hydrogen-bond acceptors (Lipinski definition) is 2. The fourth-order valence-corrected chi connectivity index (χ4v) is 3.07. The van der Waals surface area contributed by atoms with Crippen LogP contribution in [-0.4, -0.2) is 19.1 Å². The summed E-state index contributed by atoms with van der Waals surface area (Å²) in [6.45, 7) is 7.70. The van der Waals surface area contributed by atoms with Gasteiger partial charge < -0.3 is 10.6 Å². The molecule has 2 rings (SSSR count). The second-order valence-electron chi connectivity index (χ2n) is 6.64. The van der Waals surface area contributed by atoms with Crippen molar-refractivity contribution in [1.82, 2.24) is 10.6 Å². The van der Waals surface area contributed by atoms with E-state index < -0.39 is 0 Å². The molecule has 0 spiro atoms. The molecule has 0 heterocycles. The van der Waals surface area contributed by atoms with Crippen molar-refractivity contribution in [2.45, 2.75) is 58.5 Å². The summed E-state index contributed by atoms with van der Waals surface area (Å²) in [5.74, 6) is 0.706. The quantitative estimate of drug-likeness (QED) is 0.614. The minimum Gasteiger partial charge on any atom is -0.314 e. The molecule has 2 nitrogen and oxygen atoms in total. The first-order valence-electron chi connectivity index (χ1n) is 8.36. The Morgan fingerprint density at radius 2 is 2.05 bits per heavy atom. The van der Waals surface area contributed by atoms with E-state index in [1.165, 1.54) is 54.2 Å². The lowest BCUT2D eigenvalue weighted by Gasteiger charge is -2.10. The maximum atomic E-state index is 3.73. The molecule has 0 amide bonds. The highest BCUT2D eigenvalue weighted by atomic mass is 79.9. The lowest BCUT2D eigenvalue weighted by molar-refractivity contribution is 0.552. The van der Waals surface area contributed by atoms with Crippen molar-refractivity contribution in [3.05, 3.63) is 33.8 Å². The van der Waals surface area contributed by atoms with Crippen molar-refractivity contribution in [2.75, 3.05) is 13.1 Å². The number of benzene rings is 1. The lowest BCUT2D eigenvalue weighted by Crippen LogP contribution is -2.19. The van der Waals surface area contributed by atoms with Crippen molar-refractivity contribution in [1.29, 1.82) is 0 Å². The van der Waals surface area contributed by atoms with Crippen LogP contribution >= 0.6 is 15.9 Å². The summed E-state index contributed by atoms with van der Waals surface area (Å²) in [5, 5.41) is 7.07. The Kier molecular flexibility index (Phi) is 7.21. The Balaban J connectivity index is 1.67. The van der Waals surface area contributed by atoms with E-state index in [4.69, 9.17) is 0 Å². The zero-order chi connectivity index (χ0) is 15.1. The molecule has 1 aromatic rings. The molecule has 3 heteroatoms. The number of nitrogens with one attached hydrogen (secondary N) is 2. The molecule has 0 radical (unpaired) electrons. The minimum absolute atomic E-state index is 0.706. The van der Waals surface area contributed by atoms with Gasteiger partial charge in [-0.05, 0) is 68.3 Å². The van der Waals surface area contributed by atoms with Gasteiger partial charge in [0.15, 0.2) is 0 Å². The molecular weight excluding hydrogens is 324 g/mol. The van der Waals surface area contributed by atoms with Gasteiger partial charge in [0.1, 0.15) is 0 Å². The van der Waals surface area contributed by atoms with E-state index in [9.17, 15) is 0 Å². The summed E-state index contributed by atoms with van der Waals surface area (Å²) in [5.41, 5.74) is 2.80. The molecular formula is C18H29BrN2. The third kappa shape index (κ3) is 6.94. The van der Waals surface area contributed by atoms with Crippen LogP contribution in [0.4, 0.5) is 0 Å². The lowest BCUT2D eigenvalue weighted by atomic mass is 10.1. The van der Waals surface area contributed by atoms with Gasteiger partial charge in [0.2, 0.25) is 0 Å². The van der Waals surface area contributed by atoms with Gasteiger partial charge in [0.25, 0.3) is 0 Å². The summed E-state index contributed by atoms with van der Waals surface area (Å²) >= 11 is 3.73. The average molecular weight is 353 g/mol. The maximum Gasteiger partial charge on any atom is 0.0210 e. The first-order chi connectivity index (χ1) is 10.1. The van der Waals surface area contributed by atoms with Crippen molar-refractivity contribution in [3.63, 3.8) is 0 Å². The van der Waals surface area contributed by atoms with Crippen LogP contribution < -0.4 is 10.6 Å². The minimum atomic E-state index is 0.706. The Morgan fingerprint density at radius 3 is 2.71 bits per heavy atom. The Morgan fingerprint density at radius 1 is 1.24 bits per heavy atom. The van der Waals surface area contributed by atoms with E-state index in [2.05, 4.69) is 58.6 Å². The van der Waals surface area contributed by atoms with Gasteiger partial charge in [0.05, 0.1) is 0 Å². The third-order valence-electron chi connectivity index (χ3n) is 3.88. The summed E-state index contributed by atoms with van der Waals surface area (Å²) < 4.78 is 1.27. The van der Waals surface area contributed by atoms with E-state index in [1.54, 1.807) is 0 Å². The van der Waals surface area contributed by atoms with Crippen LogP contribution in [0.2, 0.25) is 0 Å². The smallest absolute Gasteiger partial charge is 0.0210 e. The summed E-state index contributed by atoms with van der Waals surface area (Å²) in [7, 11) is 0. The van der Waals surface area contributed by atoms with Crippen LogP contribution in [0.1, 0.15) is 50.7 Å². The summed E-state index contributed by atoms with van der Waals surface area (Å²) in [6, 6.07) is 7.65. The zero-order valence-electron chi connectivity index (χ0n) is 13.4. The van der Waals surface area contributed by atoms with E-state index in [0.29, 0.717) is 5.92 Å². The monoisotopic (exact) mass is 352 g/mol. The largest absolute Gasteiger partial charge is 0.314 e. The van der Waals surface area contributed by atoms with Gasteiger partial charge in [0, 0.05) is 17.1 Å². The molecule has 0 aliphatic heterocycles. The topological polar surface area (TPSA) is 24.1 Å². The Labute approximate surface area is 138 Å². The molecule has 0 bridgehead atoms. The number of hydrogen-bond donors (Lipinski definition) is 2. The Hall–Kier alpha value is -0.380. The average Bonchev–Trinajstić information content (AvgIpc) is 3.24.